The van der Waals surface area contributed by atoms with Crippen LogP contribution >= 0.6 is 11.3 Å². The fourth-order valence-corrected chi connectivity index (χ4v) is 4.46. The number of aromatic nitrogens is 1. The van der Waals surface area contributed by atoms with E-state index in [1.54, 1.807) is 13.1 Å². The van der Waals surface area contributed by atoms with Gasteiger partial charge in [0.25, 0.3) is 0 Å². The molecule has 1 atom stereocenters. The van der Waals surface area contributed by atoms with Crippen LogP contribution in [-0.2, 0) is 22.9 Å². The topological polar surface area (TPSA) is 71.9 Å². The van der Waals surface area contributed by atoms with E-state index in [2.05, 4.69) is 30.8 Å². The van der Waals surface area contributed by atoms with E-state index in [4.69, 9.17) is 9.47 Å². The number of amidine groups is 1. The lowest BCUT2D eigenvalue weighted by Gasteiger charge is -2.15. The van der Waals surface area contributed by atoms with E-state index in [-0.39, 0.29) is 35.3 Å². The summed E-state index contributed by atoms with van der Waals surface area (Å²) in [7, 11) is 0. The normalized spacial score (nSPS) is 17.9. The van der Waals surface area contributed by atoms with Gasteiger partial charge in [-0.2, -0.15) is 28.4 Å². The number of rotatable bonds is 5. The standard InChI is InChI=1S/C23H27F3N4O2S/c1-5-31-18-9-8-15(23(24,25)26)11-17(18)20(28-14-27)29-21-30(12-16-7-6-10-32-16)13-19(33-21)22(2,3)4/h8-9,11,13,16H,5-7,10,12H2,1-4H3/t16-/m1/s1. The summed E-state index contributed by atoms with van der Waals surface area (Å²) >= 11 is 1.42. The van der Waals surface area contributed by atoms with Crippen molar-refractivity contribution in [1.82, 2.24) is 4.57 Å². The molecule has 0 spiro atoms. The molecule has 2 aromatic rings. The van der Waals surface area contributed by atoms with Gasteiger partial charge in [0.1, 0.15) is 5.75 Å². The van der Waals surface area contributed by atoms with E-state index < -0.39 is 11.7 Å². The summed E-state index contributed by atoms with van der Waals surface area (Å²) in [5, 5.41) is 9.28. The molecule has 6 nitrogen and oxygen atoms in total. The highest BCUT2D eigenvalue weighted by Crippen LogP contribution is 2.33. The first-order valence-electron chi connectivity index (χ1n) is 10.7. The molecule has 0 N–H and O–H groups in total. The highest BCUT2D eigenvalue weighted by molar-refractivity contribution is 7.09. The Bertz CT molecular complexity index is 1110. The minimum Gasteiger partial charge on any atom is -0.493 e. The molecule has 1 saturated heterocycles. The molecule has 1 fully saturated rings. The van der Waals surface area contributed by atoms with Gasteiger partial charge >= 0.3 is 6.18 Å². The van der Waals surface area contributed by atoms with E-state index in [1.807, 2.05) is 10.8 Å². The number of nitrogens with zero attached hydrogens (tertiary/aromatic N) is 4. The third-order valence-electron chi connectivity index (χ3n) is 5.09. The minimum absolute atomic E-state index is 0.0163. The van der Waals surface area contributed by atoms with Gasteiger partial charge in [0.2, 0.25) is 6.19 Å². The van der Waals surface area contributed by atoms with Gasteiger partial charge in [-0.25, -0.2) is 0 Å². The zero-order valence-electron chi connectivity index (χ0n) is 19.1. The second kappa shape index (κ2) is 10.1. The maximum atomic E-state index is 13.4. The molecule has 1 aliphatic rings. The molecule has 1 aromatic carbocycles. The lowest BCUT2D eigenvalue weighted by molar-refractivity contribution is -0.137. The number of benzene rings is 1. The summed E-state index contributed by atoms with van der Waals surface area (Å²) < 4.78 is 53.4. The van der Waals surface area contributed by atoms with E-state index >= 15 is 0 Å². The first-order chi connectivity index (χ1) is 15.5. The van der Waals surface area contributed by atoms with Crippen LogP contribution in [-0.4, -0.2) is 29.7 Å². The molecule has 1 aromatic heterocycles. The van der Waals surface area contributed by atoms with Crippen molar-refractivity contribution in [1.29, 1.82) is 5.26 Å². The molecule has 0 bridgehead atoms. The average Bonchev–Trinajstić information content (AvgIpc) is 3.38. The van der Waals surface area contributed by atoms with Crippen molar-refractivity contribution < 1.29 is 22.6 Å². The molecule has 1 aliphatic heterocycles. The number of alkyl halides is 3. The quantitative estimate of drug-likeness (QED) is 0.332. The smallest absolute Gasteiger partial charge is 0.416 e. The number of aliphatic imine (C=N–C) groups is 1. The van der Waals surface area contributed by atoms with Crippen LogP contribution in [0.4, 0.5) is 13.2 Å². The summed E-state index contributed by atoms with van der Waals surface area (Å²) in [6, 6.07) is 3.10. The second-order valence-corrected chi connectivity index (χ2v) is 9.71. The molecule has 10 heteroatoms. The SMILES string of the molecule is CCOc1ccc(C(F)(F)F)cc1C(=NC#N)N=c1sc(C(C)(C)C)cn1C[C@H]1CCCO1. The monoisotopic (exact) mass is 480 g/mol. The Morgan fingerprint density at radius 1 is 1.33 bits per heavy atom. The van der Waals surface area contributed by atoms with Crippen LogP contribution in [0.1, 0.15) is 56.5 Å². The molecule has 178 valence electrons. The predicted molar refractivity (Wildman–Crippen MR) is 120 cm³/mol. The Morgan fingerprint density at radius 3 is 2.67 bits per heavy atom. The summed E-state index contributed by atoms with van der Waals surface area (Å²) in [6.07, 6.45) is 1.05. The fourth-order valence-electron chi connectivity index (χ4n) is 3.40. The van der Waals surface area contributed by atoms with Crippen LogP contribution in [0.3, 0.4) is 0 Å². The Labute approximate surface area is 195 Å². The van der Waals surface area contributed by atoms with Crippen LogP contribution in [0.5, 0.6) is 5.75 Å². The lowest BCUT2D eigenvalue weighted by Crippen LogP contribution is -2.24. The molecule has 33 heavy (non-hydrogen) atoms. The van der Waals surface area contributed by atoms with Gasteiger partial charge in [0.05, 0.1) is 30.4 Å². The number of halogens is 3. The van der Waals surface area contributed by atoms with Gasteiger partial charge in [0.15, 0.2) is 10.6 Å². The van der Waals surface area contributed by atoms with Crippen LogP contribution in [0, 0.1) is 11.5 Å². The number of ether oxygens (including phenoxy) is 2. The third-order valence-corrected chi connectivity index (χ3v) is 6.53. The molecular formula is C23H27F3N4O2S. The summed E-state index contributed by atoms with van der Waals surface area (Å²) in [5.41, 5.74) is -1.01. The summed E-state index contributed by atoms with van der Waals surface area (Å²) in [4.78, 5) is 9.91. The number of hydrogen-bond donors (Lipinski definition) is 0. The average molecular weight is 481 g/mol. The van der Waals surface area contributed by atoms with Gasteiger partial charge < -0.3 is 14.0 Å². The molecule has 0 unspecified atom stereocenters. The van der Waals surface area contributed by atoms with Gasteiger partial charge in [-0.3, -0.25) is 0 Å². The van der Waals surface area contributed by atoms with E-state index in [0.717, 1.165) is 29.9 Å². The van der Waals surface area contributed by atoms with Crippen LogP contribution in [0.2, 0.25) is 0 Å². The van der Waals surface area contributed by atoms with Crippen LogP contribution < -0.4 is 9.54 Å². The van der Waals surface area contributed by atoms with E-state index in [0.29, 0.717) is 18.0 Å². The molecule has 0 saturated carbocycles. The Hall–Kier alpha value is -2.64. The van der Waals surface area contributed by atoms with Gasteiger partial charge in [-0.05, 0) is 43.4 Å². The number of nitriles is 1. The van der Waals surface area contributed by atoms with E-state index in [9.17, 15) is 18.4 Å². The molecule has 0 aliphatic carbocycles. The van der Waals surface area contributed by atoms with Gasteiger partial charge in [-0.15, -0.1) is 11.3 Å². The zero-order chi connectivity index (χ0) is 24.2. The Balaban J connectivity index is 2.17. The van der Waals surface area contributed by atoms with Gasteiger partial charge in [-0.1, -0.05) is 20.8 Å². The van der Waals surface area contributed by atoms with Crippen molar-refractivity contribution in [3.05, 3.63) is 45.2 Å². The maximum Gasteiger partial charge on any atom is 0.416 e. The van der Waals surface area contributed by atoms with Crippen LogP contribution in [0.15, 0.2) is 34.4 Å². The Morgan fingerprint density at radius 2 is 2.09 bits per heavy atom. The van der Waals surface area contributed by atoms with Crippen molar-refractivity contribution in [3.63, 3.8) is 0 Å². The fraction of sp³-hybridized carbons (Fsp3) is 0.522. The number of hydrogen-bond acceptors (Lipinski definition) is 5. The van der Waals surface area contributed by atoms with E-state index in [1.165, 1.54) is 17.4 Å². The molecule has 0 amide bonds. The second-order valence-electron chi connectivity index (χ2n) is 8.70. The van der Waals surface area contributed by atoms with Crippen molar-refractivity contribution in [2.45, 2.75) is 64.8 Å². The predicted octanol–water partition coefficient (Wildman–Crippen LogP) is 5.27. The maximum absolute atomic E-state index is 13.4. The van der Waals surface area contributed by atoms with Gasteiger partial charge in [0, 0.05) is 17.7 Å². The minimum atomic E-state index is -4.56. The van der Waals surface area contributed by atoms with Crippen molar-refractivity contribution in [3.8, 4) is 11.9 Å². The third kappa shape index (κ3) is 6.24. The summed E-state index contributed by atoms with van der Waals surface area (Å²) in [5.74, 6) is 0.0528. The molecule has 2 heterocycles. The Kier molecular flexibility index (Phi) is 7.65. The first-order valence-corrected chi connectivity index (χ1v) is 11.5. The highest BCUT2D eigenvalue weighted by Gasteiger charge is 2.32. The first kappa shape index (κ1) is 25.0. The largest absolute Gasteiger partial charge is 0.493 e. The number of thiazole rings is 1. The van der Waals surface area contributed by atoms with Crippen molar-refractivity contribution >= 4 is 17.2 Å². The van der Waals surface area contributed by atoms with Crippen molar-refractivity contribution in [2.24, 2.45) is 9.98 Å². The van der Waals surface area contributed by atoms with Crippen LogP contribution in [0.25, 0.3) is 0 Å². The zero-order valence-corrected chi connectivity index (χ0v) is 19.9. The van der Waals surface area contributed by atoms with Crippen molar-refractivity contribution in [2.75, 3.05) is 13.2 Å². The molecular weight excluding hydrogens is 453 g/mol. The molecule has 0 radical (unpaired) electrons. The highest BCUT2D eigenvalue weighted by atomic mass is 32.1. The summed E-state index contributed by atoms with van der Waals surface area (Å²) in [6.45, 7) is 9.45. The molecule has 3 rings (SSSR count). The lowest BCUT2D eigenvalue weighted by atomic mass is 9.95.